The van der Waals surface area contributed by atoms with E-state index in [0.717, 1.165) is 12.5 Å². The van der Waals surface area contributed by atoms with Crippen molar-refractivity contribution in [2.24, 2.45) is 17.8 Å². The first-order valence-electron chi connectivity index (χ1n) is 6.34. The molecule has 4 nitrogen and oxygen atoms in total. The Hall–Kier alpha value is -0.390. The number of sulfone groups is 1. The van der Waals surface area contributed by atoms with Gasteiger partial charge in [0.1, 0.15) is 0 Å². The van der Waals surface area contributed by atoms with Crippen LogP contribution in [0.1, 0.15) is 12.8 Å². The van der Waals surface area contributed by atoms with Crippen LogP contribution in [-0.4, -0.2) is 43.7 Å². The molecule has 96 valence electrons. The number of nitrogens with one attached hydrogen (secondary N) is 1. The third kappa shape index (κ3) is 2.28. The van der Waals surface area contributed by atoms with Gasteiger partial charge in [0, 0.05) is 6.04 Å². The first-order valence-corrected chi connectivity index (χ1v) is 8.16. The molecule has 2 bridgehead atoms. The Morgan fingerprint density at radius 1 is 1.24 bits per heavy atom. The quantitative estimate of drug-likeness (QED) is 0.696. The highest BCUT2D eigenvalue weighted by atomic mass is 32.2. The number of allylic oxidation sites excluding steroid dienone is 2. The molecule has 5 heteroatoms. The van der Waals surface area contributed by atoms with Gasteiger partial charge >= 0.3 is 0 Å². The van der Waals surface area contributed by atoms with Crippen LogP contribution >= 0.6 is 0 Å². The normalized spacial score (nSPS) is 46.8. The standard InChI is InChI=1S/C12H19NO3S/c14-12-7-17(15,16)6-11(12)13-5-10-4-8-1-2-9(10)3-8/h1-2,8-14H,3-7H2/t8-,9-,10-,11-,12+/m1/s1. The fraction of sp³-hybridized carbons (Fsp3) is 0.833. The first-order chi connectivity index (χ1) is 8.03. The number of aliphatic hydroxyl groups excluding tert-OH is 1. The number of hydrogen-bond donors (Lipinski definition) is 2. The van der Waals surface area contributed by atoms with Crippen molar-refractivity contribution < 1.29 is 13.5 Å². The minimum atomic E-state index is -3.03. The van der Waals surface area contributed by atoms with Gasteiger partial charge in [0.2, 0.25) is 0 Å². The Morgan fingerprint density at radius 3 is 2.59 bits per heavy atom. The minimum absolute atomic E-state index is 0.0821. The van der Waals surface area contributed by atoms with Crippen molar-refractivity contribution in [2.75, 3.05) is 18.1 Å². The molecule has 2 N–H and O–H groups in total. The van der Waals surface area contributed by atoms with Gasteiger partial charge in [0.25, 0.3) is 0 Å². The van der Waals surface area contributed by atoms with Crippen molar-refractivity contribution in [1.82, 2.24) is 5.32 Å². The topological polar surface area (TPSA) is 66.4 Å². The molecule has 0 radical (unpaired) electrons. The van der Waals surface area contributed by atoms with Crippen molar-refractivity contribution in [3.05, 3.63) is 12.2 Å². The van der Waals surface area contributed by atoms with Gasteiger partial charge in [-0.1, -0.05) is 12.2 Å². The lowest BCUT2D eigenvalue weighted by Crippen LogP contribution is -2.41. The Labute approximate surface area is 102 Å². The van der Waals surface area contributed by atoms with Crippen molar-refractivity contribution in [3.63, 3.8) is 0 Å². The maximum atomic E-state index is 11.4. The zero-order valence-electron chi connectivity index (χ0n) is 9.75. The molecule has 0 spiro atoms. The van der Waals surface area contributed by atoms with Crippen LogP contribution < -0.4 is 5.32 Å². The highest BCUT2D eigenvalue weighted by Gasteiger charge is 2.39. The van der Waals surface area contributed by atoms with Crippen LogP contribution in [0, 0.1) is 17.8 Å². The second kappa shape index (κ2) is 4.07. The van der Waals surface area contributed by atoms with E-state index < -0.39 is 15.9 Å². The third-order valence-corrected chi connectivity index (χ3v) is 6.10. The lowest BCUT2D eigenvalue weighted by Gasteiger charge is -2.22. The predicted molar refractivity (Wildman–Crippen MR) is 65.3 cm³/mol. The Kier molecular flexibility index (Phi) is 2.80. The Bertz CT molecular complexity index is 431. The van der Waals surface area contributed by atoms with E-state index in [1.165, 1.54) is 12.8 Å². The molecule has 0 aromatic carbocycles. The van der Waals surface area contributed by atoms with Crippen LogP contribution in [-0.2, 0) is 9.84 Å². The van der Waals surface area contributed by atoms with Crippen LogP contribution in [0.25, 0.3) is 0 Å². The molecule has 5 atom stereocenters. The number of aliphatic hydroxyl groups is 1. The van der Waals surface area contributed by atoms with Crippen LogP contribution in [0.4, 0.5) is 0 Å². The van der Waals surface area contributed by atoms with E-state index >= 15 is 0 Å². The summed E-state index contributed by atoms with van der Waals surface area (Å²) in [7, 11) is -3.03. The van der Waals surface area contributed by atoms with Crippen LogP contribution in [0.2, 0.25) is 0 Å². The highest BCUT2D eigenvalue weighted by molar-refractivity contribution is 7.91. The van der Waals surface area contributed by atoms with Crippen LogP contribution in [0.3, 0.4) is 0 Å². The molecule has 17 heavy (non-hydrogen) atoms. The number of rotatable bonds is 3. The van der Waals surface area contributed by atoms with Crippen molar-refractivity contribution in [3.8, 4) is 0 Å². The second-order valence-electron chi connectivity index (χ2n) is 5.70. The summed E-state index contributed by atoms with van der Waals surface area (Å²) in [5.74, 6) is 2.04. The zero-order valence-corrected chi connectivity index (χ0v) is 10.6. The van der Waals surface area contributed by atoms with E-state index in [1.807, 2.05) is 0 Å². The summed E-state index contributed by atoms with van der Waals surface area (Å²) in [5, 5.41) is 12.9. The number of hydrogen-bond acceptors (Lipinski definition) is 4. The Morgan fingerprint density at radius 2 is 2.06 bits per heavy atom. The molecule has 1 heterocycles. The molecule has 3 rings (SSSR count). The SMILES string of the molecule is O=S1(=O)C[C@H](O)[C@H](NC[C@H]2C[C@@H]3C=C[C@@H]2C3)C1. The zero-order chi connectivity index (χ0) is 12.0. The van der Waals surface area contributed by atoms with E-state index in [-0.39, 0.29) is 17.5 Å². The minimum Gasteiger partial charge on any atom is -0.390 e. The molecule has 1 saturated heterocycles. The highest BCUT2D eigenvalue weighted by Crippen LogP contribution is 2.43. The lowest BCUT2D eigenvalue weighted by molar-refractivity contribution is 0.162. The summed E-state index contributed by atoms with van der Waals surface area (Å²) < 4.78 is 22.7. The monoisotopic (exact) mass is 257 g/mol. The van der Waals surface area contributed by atoms with Crippen LogP contribution in [0.5, 0.6) is 0 Å². The summed E-state index contributed by atoms with van der Waals surface area (Å²) in [4.78, 5) is 0. The molecule has 0 amide bonds. The predicted octanol–water partition coefficient (Wildman–Crippen LogP) is -0.0539. The van der Waals surface area contributed by atoms with E-state index in [2.05, 4.69) is 17.5 Å². The van der Waals surface area contributed by atoms with Gasteiger partial charge in [0.05, 0.1) is 17.6 Å². The van der Waals surface area contributed by atoms with Gasteiger partial charge in [-0.05, 0) is 37.1 Å². The summed E-state index contributed by atoms with van der Waals surface area (Å²) in [6, 6.07) is -0.261. The summed E-state index contributed by atoms with van der Waals surface area (Å²) in [5.41, 5.74) is 0. The van der Waals surface area contributed by atoms with Crippen LogP contribution in [0.15, 0.2) is 12.2 Å². The third-order valence-electron chi connectivity index (χ3n) is 4.38. The van der Waals surface area contributed by atoms with Gasteiger partial charge < -0.3 is 10.4 Å². The largest absolute Gasteiger partial charge is 0.390 e. The molecule has 1 aliphatic heterocycles. The maximum absolute atomic E-state index is 11.4. The maximum Gasteiger partial charge on any atom is 0.154 e. The Balaban J connectivity index is 1.54. The van der Waals surface area contributed by atoms with Gasteiger partial charge in [-0.3, -0.25) is 0 Å². The van der Waals surface area contributed by atoms with Crippen molar-refractivity contribution in [2.45, 2.75) is 25.0 Å². The average molecular weight is 257 g/mol. The van der Waals surface area contributed by atoms with E-state index in [0.29, 0.717) is 11.8 Å². The summed E-state index contributed by atoms with van der Waals surface area (Å²) in [6.07, 6.45) is 6.34. The van der Waals surface area contributed by atoms with Gasteiger partial charge in [-0.2, -0.15) is 0 Å². The molecule has 1 saturated carbocycles. The van der Waals surface area contributed by atoms with Gasteiger partial charge in [-0.15, -0.1) is 0 Å². The molecule has 0 unspecified atom stereocenters. The fourth-order valence-corrected chi connectivity index (χ4v) is 5.23. The fourth-order valence-electron chi connectivity index (χ4n) is 3.46. The lowest BCUT2D eigenvalue weighted by atomic mass is 9.93. The average Bonchev–Trinajstić information content (AvgIpc) is 2.89. The number of fused-ring (bicyclic) bond motifs is 2. The smallest absolute Gasteiger partial charge is 0.154 e. The molecule has 2 fully saturated rings. The summed E-state index contributed by atoms with van der Waals surface area (Å²) >= 11 is 0. The van der Waals surface area contributed by atoms with Crippen molar-refractivity contribution in [1.29, 1.82) is 0 Å². The molecule has 0 aromatic heterocycles. The van der Waals surface area contributed by atoms with Gasteiger partial charge in [0.15, 0.2) is 9.84 Å². The molecule has 0 aromatic rings. The summed E-state index contributed by atoms with van der Waals surface area (Å²) in [6.45, 7) is 0.836. The van der Waals surface area contributed by atoms with E-state index in [9.17, 15) is 13.5 Å². The second-order valence-corrected chi connectivity index (χ2v) is 7.85. The van der Waals surface area contributed by atoms with Gasteiger partial charge in [-0.25, -0.2) is 8.42 Å². The first kappa shape index (κ1) is 11.7. The van der Waals surface area contributed by atoms with E-state index in [1.54, 1.807) is 0 Å². The molecule has 2 aliphatic carbocycles. The molecule has 3 aliphatic rings. The molecular formula is C12H19NO3S. The van der Waals surface area contributed by atoms with Crippen molar-refractivity contribution >= 4 is 9.84 Å². The molecular weight excluding hydrogens is 238 g/mol. The van der Waals surface area contributed by atoms with E-state index in [4.69, 9.17) is 0 Å².